The second-order valence-corrected chi connectivity index (χ2v) is 18.9. The Labute approximate surface area is 365 Å². The van der Waals surface area contributed by atoms with Crippen LogP contribution in [-0.2, 0) is 5.41 Å². The summed E-state index contributed by atoms with van der Waals surface area (Å²) in [6.07, 6.45) is 0. The SMILES string of the molecule is Cc1cc(C)cc(N2c3ccc(-c4ccc5c(c4)c4c6ccccc6ccc4n5-c4cccc5c6c(ccc45)C(C)(C)c4ccccc4-6)cc3Sc3c2ccc2ccccc32)c1. The highest BCUT2D eigenvalue weighted by molar-refractivity contribution is 8.00. The molecule has 0 spiro atoms. The van der Waals surface area contributed by atoms with Crippen LogP contribution in [0.1, 0.15) is 36.1 Å². The number of nitrogens with zero attached hydrogens (tertiary/aromatic N) is 2. The average molecular weight is 811 g/mol. The molecule has 2 heterocycles. The van der Waals surface area contributed by atoms with Crippen LogP contribution in [0, 0.1) is 13.8 Å². The van der Waals surface area contributed by atoms with E-state index in [0.717, 1.165) is 0 Å². The topological polar surface area (TPSA) is 8.17 Å². The summed E-state index contributed by atoms with van der Waals surface area (Å²) < 4.78 is 2.52. The van der Waals surface area contributed by atoms with Crippen LogP contribution in [-0.4, -0.2) is 4.57 Å². The molecule has 3 heteroatoms. The van der Waals surface area contributed by atoms with Crippen molar-refractivity contribution in [3.63, 3.8) is 0 Å². The fraction of sp³-hybridized carbons (Fsp3) is 0.0847. The summed E-state index contributed by atoms with van der Waals surface area (Å²) in [5.74, 6) is 0. The van der Waals surface area contributed by atoms with Crippen molar-refractivity contribution >= 4 is 82.9 Å². The molecule has 0 atom stereocenters. The van der Waals surface area contributed by atoms with E-state index in [2.05, 4.69) is 219 Å². The zero-order valence-corrected chi connectivity index (χ0v) is 35.9. The molecule has 0 bridgehead atoms. The van der Waals surface area contributed by atoms with Crippen molar-refractivity contribution in [3.05, 3.63) is 204 Å². The Bertz CT molecular complexity index is 3720. The van der Waals surface area contributed by atoms with Gasteiger partial charge in [0.2, 0.25) is 0 Å². The molecule has 0 radical (unpaired) electrons. The Hall–Kier alpha value is -7.07. The lowest BCUT2D eigenvalue weighted by Crippen LogP contribution is -2.15. The Morgan fingerprint density at radius 3 is 1.98 bits per heavy atom. The van der Waals surface area contributed by atoms with Crippen LogP contribution in [0.5, 0.6) is 0 Å². The second-order valence-electron chi connectivity index (χ2n) is 17.9. The molecule has 1 aliphatic heterocycles. The summed E-state index contributed by atoms with van der Waals surface area (Å²) in [5, 5.41) is 10.2. The fourth-order valence-corrected chi connectivity index (χ4v) is 12.3. The first kappa shape index (κ1) is 35.7. The van der Waals surface area contributed by atoms with Crippen LogP contribution in [0.25, 0.3) is 82.1 Å². The number of hydrogen-bond donors (Lipinski definition) is 0. The fourth-order valence-electron chi connectivity index (χ4n) is 11.0. The van der Waals surface area contributed by atoms with Gasteiger partial charge in [-0.05, 0) is 140 Å². The highest BCUT2D eigenvalue weighted by Crippen LogP contribution is 2.55. The molecule has 0 amide bonds. The molecule has 0 fully saturated rings. The van der Waals surface area contributed by atoms with E-state index in [0.29, 0.717) is 0 Å². The van der Waals surface area contributed by atoms with Gasteiger partial charge in [0.05, 0.1) is 28.1 Å². The summed E-state index contributed by atoms with van der Waals surface area (Å²) >= 11 is 1.90. The minimum Gasteiger partial charge on any atom is -0.309 e. The maximum Gasteiger partial charge on any atom is 0.0608 e. The zero-order valence-electron chi connectivity index (χ0n) is 35.1. The summed E-state index contributed by atoms with van der Waals surface area (Å²) in [7, 11) is 0. The van der Waals surface area contributed by atoms with Crippen LogP contribution in [0.2, 0.25) is 0 Å². The molecule has 0 unspecified atom stereocenters. The quantitative estimate of drug-likeness (QED) is 0.176. The Kier molecular flexibility index (Phi) is 7.46. The van der Waals surface area contributed by atoms with E-state index in [-0.39, 0.29) is 5.41 Å². The van der Waals surface area contributed by atoms with E-state index in [1.807, 2.05) is 11.8 Å². The van der Waals surface area contributed by atoms with E-state index in [9.17, 15) is 0 Å². The number of anilines is 3. The number of benzene rings is 10. The van der Waals surface area contributed by atoms with Crippen molar-refractivity contribution in [2.24, 2.45) is 0 Å². The minimum absolute atomic E-state index is 0.0530. The first-order valence-electron chi connectivity index (χ1n) is 21.7. The Morgan fingerprint density at radius 2 is 1.13 bits per heavy atom. The molecule has 1 aromatic heterocycles. The van der Waals surface area contributed by atoms with E-state index < -0.39 is 0 Å². The number of aromatic nitrogens is 1. The highest BCUT2D eigenvalue weighted by atomic mass is 32.2. The van der Waals surface area contributed by atoms with Crippen molar-refractivity contribution in [3.8, 4) is 27.9 Å². The van der Waals surface area contributed by atoms with Gasteiger partial charge in [-0.3, -0.25) is 0 Å². The van der Waals surface area contributed by atoms with Gasteiger partial charge in [-0.2, -0.15) is 0 Å². The normalized spacial score (nSPS) is 13.8. The van der Waals surface area contributed by atoms with Gasteiger partial charge >= 0.3 is 0 Å². The molecule has 1 aliphatic carbocycles. The molecule has 2 nitrogen and oxygen atoms in total. The predicted molar refractivity (Wildman–Crippen MR) is 265 cm³/mol. The number of hydrogen-bond acceptors (Lipinski definition) is 2. The lowest BCUT2D eigenvalue weighted by molar-refractivity contribution is 0.661. The molecule has 0 saturated carbocycles. The van der Waals surface area contributed by atoms with E-state index in [1.54, 1.807) is 0 Å². The molecule has 13 rings (SSSR count). The number of rotatable bonds is 3. The molecule has 0 N–H and O–H groups in total. The van der Waals surface area contributed by atoms with Gasteiger partial charge in [-0.1, -0.05) is 153 Å². The molecule has 62 heavy (non-hydrogen) atoms. The van der Waals surface area contributed by atoms with Gasteiger partial charge in [0.15, 0.2) is 0 Å². The highest BCUT2D eigenvalue weighted by Gasteiger charge is 2.36. The summed E-state index contributed by atoms with van der Waals surface area (Å²) in [4.78, 5) is 5.02. The van der Waals surface area contributed by atoms with E-state index >= 15 is 0 Å². The van der Waals surface area contributed by atoms with Crippen LogP contribution in [0.15, 0.2) is 192 Å². The van der Waals surface area contributed by atoms with Crippen LogP contribution in [0.3, 0.4) is 0 Å². The standard InChI is InChI=1S/C59H42N2S/c1-35-30-36(2)32-41(31-35)60-52-27-23-40(34-55(52)62-58-43-15-8-6-13-38(43)21-29-54(58)60)39-22-26-51-47(33-39)57-42-14-7-5-12-37(42)20-28-53(57)61(51)50-19-11-17-45-44(50)24-25-49-56(45)46-16-9-10-18-48(46)59(49,3)4/h5-34H,1-4H3. The van der Waals surface area contributed by atoms with Gasteiger partial charge < -0.3 is 9.47 Å². The van der Waals surface area contributed by atoms with Crippen molar-refractivity contribution < 1.29 is 0 Å². The third-order valence-electron chi connectivity index (χ3n) is 13.8. The van der Waals surface area contributed by atoms with E-state index in [1.165, 1.54) is 131 Å². The first-order chi connectivity index (χ1) is 30.3. The van der Waals surface area contributed by atoms with Crippen molar-refractivity contribution in [1.29, 1.82) is 0 Å². The van der Waals surface area contributed by atoms with Crippen molar-refractivity contribution in [2.45, 2.75) is 42.9 Å². The minimum atomic E-state index is -0.0530. The van der Waals surface area contributed by atoms with E-state index in [4.69, 9.17) is 0 Å². The lowest BCUT2D eigenvalue weighted by atomic mass is 9.82. The van der Waals surface area contributed by atoms with Gasteiger partial charge in [0.1, 0.15) is 0 Å². The molecular weight excluding hydrogens is 769 g/mol. The van der Waals surface area contributed by atoms with Gasteiger partial charge in [-0.25, -0.2) is 0 Å². The maximum atomic E-state index is 2.52. The predicted octanol–water partition coefficient (Wildman–Crippen LogP) is 16.8. The molecular formula is C59H42N2S. The summed E-state index contributed by atoms with van der Waals surface area (Å²) in [6.45, 7) is 9.13. The Balaban J connectivity index is 1.02. The lowest BCUT2D eigenvalue weighted by Gasteiger charge is -2.34. The molecule has 2 aliphatic rings. The van der Waals surface area contributed by atoms with Crippen molar-refractivity contribution in [1.82, 2.24) is 4.57 Å². The third kappa shape index (κ3) is 5.00. The summed E-state index contributed by atoms with van der Waals surface area (Å²) in [6, 6.07) is 68.6. The van der Waals surface area contributed by atoms with Crippen LogP contribution >= 0.6 is 11.8 Å². The molecule has 0 saturated heterocycles. The smallest absolute Gasteiger partial charge is 0.0608 e. The number of aryl methyl sites for hydroxylation is 2. The number of fused-ring (bicyclic) bond motifs is 14. The third-order valence-corrected chi connectivity index (χ3v) is 15.0. The maximum absolute atomic E-state index is 2.52. The molecule has 294 valence electrons. The summed E-state index contributed by atoms with van der Waals surface area (Å²) in [5.41, 5.74) is 17.7. The monoisotopic (exact) mass is 810 g/mol. The van der Waals surface area contributed by atoms with Gasteiger partial charge in [-0.15, -0.1) is 0 Å². The molecule has 10 aromatic carbocycles. The largest absolute Gasteiger partial charge is 0.309 e. The average Bonchev–Trinajstić information content (AvgIpc) is 3.75. The van der Waals surface area contributed by atoms with Crippen LogP contribution < -0.4 is 4.90 Å². The van der Waals surface area contributed by atoms with Crippen LogP contribution in [0.4, 0.5) is 17.1 Å². The zero-order chi connectivity index (χ0) is 41.4. The van der Waals surface area contributed by atoms with Gasteiger partial charge in [0, 0.05) is 37.1 Å². The van der Waals surface area contributed by atoms with Gasteiger partial charge in [0.25, 0.3) is 0 Å². The van der Waals surface area contributed by atoms with Crippen molar-refractivity contribution in [2.75, 3.05) is 4.90 Å². The second kappa shape index (κ2) is 13.0. The molecule has 11 aromatic rings. The first-order valence-corrected chi connectivity index (χ1v) is 22.5. The Morgan fingerprint density at radius 1 is 0.452 bits per heavy atom.